The zero-order valence-corrected chi connectivity index (χ0v) is 10.8. The number of aromatic nitrogens is 1. The molecular weight excluding hydrogens is 260 g/mol. The van der Waals surface area contributed by atoms with Gasteiger partial charge in [-0.15, -0.1) is 0 Å². The summed E-state index contributed by atoms with van der Waals surface area (Å²) < 4.78 is 0. The van der Waals surface area contributed by atoms with Gasteiger partial charge in [0, 0.05) is 18.0 Å². The van der Waals surface area contributed by atoms with Crippen molar-refractivity contribution in [3.05, 3.63) is 48.3 Å². The molecule has 1 heterocycles. The molecule has 19 heavy (non-hydrogen) atoms. The van der Waals surface area contributed by atoms with Crippen molar-refractivity contribution in [3.8, 4) is 16.9 Å². The van der Waals surface area contributed by atoms with Crippen LogP contribution in [0.15, 0.2) is 47.8 Å². The predicted octanol–water partition coefficient (Wildman–Crippen LogP) is 1.62. The number of aromatic hydroxyl groups is 1. The Morgan fingerprint density at radius 1 is 1.26 bits per heavy atom. The Labute approximate surface area is 115 Å². The first kappa shape index (κ1) is 13.0. The van der Waals surface area contributed by atoms with E-state index in [0.29, 0.717) is 5.56 Å². The zero-order chi connectivity index (χ0) is 13.7. The fraction of sp³-hybridized carbons (Fsp3) is 0. The number of benzene rings is 1. The van der Waals surface area contributed by atoms with Crippen LogP contribution in [0.5, 0.6) is 5.75 Å². The number of nitrogens with two attached hydrogens (primary N) is 1. The van der Waals surface area contributed by atoms with E-state index in [1.807, 2.05) is 24.3 Å². The number of nitrogens with one attached hydrogen (secondary N) is 1. The summed E-state index contributed by atoms with van der Waals surface area (Å²) in [7, 11) is 0. The molecule has 0 aliphatic heterocycles. The van der Waals surface area contributed by atoms with Gasteiger partial charge in [-0.3, -0.25) is 10.4 Å². The van der Waals surface area contributed by atoms with Crippen molar-refractivity contribution < 1.29 is 5.11 Å². The Hall–Kier alpha value is -2.47. The van der Waals surface area contributed by atoms with Crippen molar-refractivity contribution in [2.45, 2.75) is 0 Å². The lowest BCUT2D eigenvalue weighted by molar-refractivity contribution is 0.474. The van der Waals surface area contributed by atoms with Gasteiger partial charge in [-0.05, 0) is 47.6 Å². The second-order valence-corrected chi connectivity index (χ2v) is 4.18. The highest BCUT2D eigenvalue weighted by Crippen LogP contribution is 2.24. The van der Waals surface area contributed by atoms with Crippen LogP contribution in [0.25, 0.3) is 11.1 Å². The number of pyridine rings is 1. The van der Waals surface area contributed by atoms with Gasteiger partial charge < -0.3 is 10.8 Å². The minimum atomic E-state index is 0.0704. The van der Waals surface area contributed by atoms with Gasteiger partial charge in [-0.2, -0.15) is 5.10 Å². The molecule has 0 aliphatic carbocycles. The maximum Gasteiger partial charge on any atom is 0.184 e. The summed E-state index contributed by atoms with van der Waals surface area (Å²) >= 11 is 4.63. The quantitative estimate of drug-likeness (QED) is 0.449. The summed E-state index contributed by atoms with van der Waals surface area (Å²) in [5.74, 6) is 0.131. The Bertz CT molecular complexity index is 613. The average molecular weight is 272 g/mol. The number of hydrazone groups is 1. The Morgan fingerprint density at radius 2 is 2.00 bits per heavy atom. The third-order valence-corrected chi connectivity index (χ3v) is 2.51. The highest BCUT2D eigenvalue weighted by Gasteiger charge is 2.02. The number of hydrogen-bond donors (Lipinski definition) is 3. The molecule has 0 bridgehead atoms. The van der Waals surface area contributed by atoms with Gasteiger partial charge in [0.1, 0.15) is 5.75 Å². The predicted molar refractivity (Wildman–Crippen MR) is 78.9 cm³/mol. The third-order valence-electron chi connectivity index (χ3n) is 2.42. The largest absolute Gasteiger partial charge is 0.507 e. The topological polar surface area (TPSA) is 83.5 Å². The smallest absolute Gasteiger partial charge is 0.184 e. The molecule has 0 saturated heterocycles. The Kier molecular flexibility index (Phi) is 4.04. The van der Waals surface area contributed by atoms with E-state index in [-0.39, 0.29) is 10.9 Å². The number of hydrogen-bond acceptors (Lipinski definition) is 4. The first-order valence-corrected chi connectivity index (χ1v) is 5.89. The van der Waals surface area contributed by atoms with Crippen LogP contribution in [0.1, 0.15) is 5.56 Å². The third kappa shape index (κ3) is 3.49. The number of nitrogens with zero attached hydrogens (tertiary/aromatic N) is 2. The van der Waals surface area contributed by atoms with Gasteiger partial charge >= 0.3 is 0 Å². The summed E-state index contributed by atoms with van der Waals surface area (Å²) in [5, 5.41) is 13.6. The number of rotatable bonds is 3. The Balaban J connectivity index is 2.30. The molecule has 0 fully saturated rings. The Morgan fingerprint density at radius 3 is 2.68 bits per heavy atom. The number of phenolic OH excluding ortho intramolecular Hbond substituents is 1. The normalized spacial score (nSPS) is 10.5. The van der Waals surface area contributed by atoms with Crippen LogP contribution in [0.3, 0.4) is 0 Å². The van der Waals surface area contributed by atoms with Crippen molar-refractivity contribution in [1.29, 1.82) is 0 Å². The second kappa shape index (κ2) is 5.92. The van der Waals surface area contributed by atoms with Crippen LogP contribution < -0.4 is 11.2 Å². The van der Waals surface area contributed by atoms with E-state index in [1.54, 1.807) is 18.5 Å². The first-order chi connectivity index (χ1) is 9.16. The molecule has 2 rings (SSSR count). The molecule has 0 amide bonds. The van der Waals surface area contributed by atoms with Crippen LogP contribution in [0.2, 0.25) is 0 Å². The van der Waals surface area contributed by atoms with E-state index in [0.717, 1.165) is 11.1 Å². The molecule has 6 heteroatoms. The summed E-state index contributed by atoms with van der Waals surface area (Å²) in [6, 6.07) is 9.03. The SMILES string of the molecule is NC(=S)NN=Cc1cc(-c2ccncc2)ccc1O. The second-order valence-electron chi connectivity index (χ2n) is 3.74. The molecule has 0 aliphatic rings. The van der Waals surface area contributed by atoms with Crippen LogP contribution in [0.4, 0.5) is 0 Å². The minimum Gasteiger partial charge on any atom is -0.507 e. The lowest BCUT2D eigenvalue weighted by atomic mass is 10.0. The molecule has 5 nitrogen and oxygen atoms in total. The van der Waals surface area contributed by atoms with Gasteiger partial charge in [0.25, 0.3) is 0 Å². The highest BCUT2D eigenvalue weighted by molar-refractivity contribution is 7.80. The molecule has 0 unspecified atom stereocenters. The zero-order valence-electron chi connectivity index (χ0n) is 9.95. The highest BCUT2D eigenvalue weighted by atomic mass is 32.1. The summed E-state index contributed by atoms with van der Waals surface area (Å²) in [6.07, 6.45) is 4.88. The lowest BCUT2D eigenvalue weighted by Crippen LogP contribution is -2.23. The van der Waals surface area contributed by atoms with E-state index < -0.39 is 0 Å². The molecular formula is C13H12N4OS. The molecule has 1 aromatic heterocycles. The van der Waals surface area contributed by atoms with Crippen molar-refractivity contribution in [2.75, 3.05) is 0 Å². The maximum atomic E-state index is 9.75. The van der Waals surface area contributed by atoms with Gasteiger partial charge in [0.05, 0.1) is 6.21 Å². The van der Waals surface area contributed by atoms with E-state index in [4.69, 9.17) is 5.73 Å². The van der Waals surface area contributed by atoms with Crippen LogP contribution in [0, 0.1) is 0 Å². The van der Waals surface area contributed by atoms with Crippen molar-refractivity contribution in [3.63, 3.8) is 0 Å². The summed E-state index contributed by atoms with van der Waals surface area (Å²) in [6.45, 7) is 0. The molecule has 96 valence electrons. The lowest BCUT2D eigenvalue weighted by Gasteiger charge is -2.04. The van der Waals surface area contributed by atoms with Crippen molar-refractivity contribution in [1.82, 2.24) is 10.4 Å². The fourth-order valence-corrected chi connectivity index (χ4v) is 1.60. The summed E-state index contributed by atoms with van der Waals surface area (Å²) in [5.41, 5.74) is 10.2. The molecule has 0 radical (unpaired) electrons. The molecule has 4 N–H and O–H groups in total. The molecule has 1 aromatic carbocycles. The van der Waals surface area contributed by atoms with Crippen LogP contribution in [-0.2, 0) is 0 Å². The summed E-state index contributed by atoms with van der Waals surface area (Å²) in [4.78, 5) is 3.97. The van der Waals surface area contributed by atoms with Gasteiger partial charge in [-0.1, -0.05) is 6.07 Å². The van der Waals surface area contributed by atoms with Crippen LogP contribution >= 0.6 is 12.2 Å². The molecule has 0 saturated carbocycles. The first-order valence-electron chi connectivity index (χ1n) is 5.49. The van der Waals surface area contributed by atoms with Gasteiger partial charge in [0.2, 0.25) is 0 Å². The fourth-order valence-electron chi connectivity index (χ4n) is 1.55. The minimum absolute atomic E-state index is 0.0704. The monoisotopic (exact) mass is 272 g/mol. The van der Waals surface area contributed by atoms with E-state index in [2.05, 4.69) is 27.7 Å². The van der Waals surface area contributed by atoms with Crippen LogP contribution in [-0.4, -0.2) is 21.4 Å². The van der Waals surface area contributed by atoms with Crippen molar-refractivity contribution >= 4 is 23.5 Å². The average Bonchev–Trinajstić information content (AvgIpc) is 2.41. The maximum absolute atomic E-state index is 9.75. The van der Waals surface area contributed by atoms with E-state index >= 15 is 0 Å². The molecule has 0 atom stereocenters. The van der Waals surface area contributed by atoms with E-state index in [1.165, 1.54) is 6.21 Å². The molecule has 2 aromatic rings. The molecule has 0 spiro atoms. The van der Waals surface area contributed by atoms with Gasteiger partial charge in [0.15, 0.2) is 5.11 Å². The van der Waals surface area contributed by atoms with E-state index in [9.17, 15) is 5.11 Å². The standard InChI is InChI=1S/C13H12N4OS/c14-13(19)17-16-8-11-7-10(1-2-12(11)18)9-3-5-15-6-4-9/h1-8,18H,(H3,14,17,19). The van der Waals surface area contributed by atoms with Gasteiger partial charge in [-0.25, -0.2) is 0 Å². The van der Waals surface area contributed by atoms with Crippen molar-refractivity contribution in [2.24, 2.45) is 10.8 Å². The number of thiocarbonyl (C=S) groups is 1. The number of phenols is 1.